The minimum absolute atomic E-state index is 0.0237. The van der Waals surface area contributed by atoms with Crippen molar-refractivity contribution >= 4 is 21.9 Å². The number of ether oxygens (including phenoxy) is 1. The van der Waals surface area contributed by atoms with E-state index < -0.39 is 0 Å². The Labute approximate surface area is 75.4 Å². The van der Waals surface area contributed by atoms with Gasteiger partial charge in [0.15, 0.2) is 0 Å². The molecule has 64 valence electrons. The van der Waals surface area contributed by atoms with Gasteiger partial charge in [0, 0.05) is 5.33 Å². The average molecular weight is 221 g/mol. The first kappa shape index (κ1) is 9.04. The molecule has 1 rings (SSSR count). The highest BCUT2D eigenvalue weighted by atomic mass is 79.9. The topological polar surface area (TPSA) is 26.3 Å². The van der Waals surface area contributed by atoms with Gasteiger partial charge in [-0.2, -0.15) is 0 Å². The average Bonchev–Trinajstić information content (AvgIpc) is 2.30. The predicted molar refractivity (Wildman–Crippen MR) is 46.6 cm³/mol. The van der Waals surface area contributed by atoms with Crippen LogP contribution in [0.4, 0.5) is 0 Å². The van der Waals surface area contributed by atoms with E-state index in [9.17, 15) is 4.79 Å². The van der Waals surface area contributed by atoms with Crippen molar-refractivity contribution in [2.45, 2.75) is 26.4 Å². The fourth-order valence-corrected chi connectivity index (χ4v) is 1.71. The number of halogens is 1. The SMILES string of the molecule is CC(C)C1CC(CBr)OC1=O. The maximum atomic E-state index is 11.1. The second kappa shape index (κ2) is 3.57. The van der Waals surface area contributed by atoms with Crippen molar-refractivity contribution in [2.75, 3.05) is 5.33 Å². The summed E-state index contributed by atoms with van der Waals surface area (Å²) >= 11 is 3.30. The van der Waals surface area contributed by atoms with Gasteiger partial charge in [0.05, 0.1) is 5.92 Å². The van der Waals surface area contributed by atoms with Crippen molar-refractivity contribution in [3.63, 3.8) is 0 Å². The molecule has 2 atom stereocenters. The van der Waals surface area contributed by atoms with Crippen LogP contribution in [0.2, 0.25) is 0 Å². The Hall–Kier alpha value is -0.0500. The molecular formula is C8H13BrO2. The van der Waals surface area contributed by atoms with E-state index in [1.165, 1.54) is 0 Å². The maximum Gasteiger partial charge on any atom is 0.309 e. The number of carbonyl (C=O) groups excluding carboxylic acids is 1. The van der Waals surface area contributed by atoms with Crippen LogP contribution >= 0.6 is 15.9 Å². The van der Waals surface area contributed by atoms with E-state index in [4.69, 9.17) is 4.74 Å². The van der Waals surface area contributed by atoms with Crippen LogP contribution in [0.3, 0.4) is 0 Å². The molecule has 3 heteroatoms. The summed E-state index contributed by atoms with van der Waals surface area (Å²) in [6, 6.07) is 0. The third-order valence-corrected chi connectivity index (χ3v) is 2.80. The predicted octanol–water partition coefficient (Wildman–Crippen LogP) is 1.97. The van der Waals surface area contributed by atoms with Gasteiger partial charge < -0.3 is 4.74 Å². The van der Waals surface area contributed by atoms with Crippen LogP contribution in [0.25, 0.3) is 0 Å². The summed E-state index contributed by atoms with van der Waals surface area (Å²) < 4.78 is 5.10. The van der Waals surface area contributed by atoms with Crippen LogP contribution in [0.1, 0.15) is 20.3 Å². The minimum Gasteiger partial charge on any atom is -0.461 e. The summed E-state index contributed by atoms with van der Waals surface area (Å²) in [7, 11) is 0. The Kier molecular flexibility index (Phi) is 2.93. The lowest BCUT2D eigenvalue weighted by Crippen LogP contribution is -2.13. The van der Waals surface area contributed by atoms with E-state index in [0.717, 1.165) is 11.8 Å². The van der Waals surface area contributed by atoms with Crippen LogP contribution in [0.15, 0.2) is 0 Å². The van der Waals surface area contributed by atoms with Gasteiger partial charge in [-0.05, 0) is 12.3 Å². The fraction of sp³-hybridized carbons (Fsp3) is 0.875. The normalized spacial score (nSPS) is 31.1. The minimum atomic E-state index is -0.0237. The van der Waals surface area contributed by atoms with Gasteiger partial charge in [0.25, 0.3) is 0 Å². The molecule has 0 aliphatic carbocycles. The molecule has 0 saturated carbocycles. The monoisotopic (exact) mass is 220 g/mol. The highest BCUT2D eigenvalue weighted by molar-refractivity contribution is 9.09. The number of esters is 1. The molecule has 0 amide bonds. The van der Waals surface area contributed by atoms with Gasteiger partial charge in [-0.3, -0.25) is 4.79 Å². The van der Waals surface area contributed by atoms with Crippen LogP contribution in [-0.4, -0.2) is 17.4 Å². The van der Waals surface area contributed by atoms with Gasteiger partial charge in [-0.25, -0.2) is 0 Å². The lowest BCUT2D eigenvalue weighted by Gasteiger charge is -2.07. The van der Waals surface area contributed by atoms with Crippen molar-refractivity contribution < 1.29 is 9.53 Å². The van der Waals surface area contributed by atoms with Crippen molar-refractivity contribution in [1.82, 2.24) is 0 Å². The highest BCUT2D eigenvalue weighted by Crippen LogP contribution is 2.28. The number of hydrogen-bond acceptors (Lipinski definition) is 2. The summed E-state index contributed by atoms with van der Waals surface area (Å²) in [5, 5.41) is 0.766. The Morgan fingerprint density at radius 1 is 1.73 bits per heavy atom. The molecule has 0 bridgehead atoms. The van der Waals surface area contributed by atoms with Crippen molar-refractivity contribution in [1.29, 1.82) is 0 Å². The van der Waals surface area contributed by atoms with Crippen LogP contribution < -0.4 is 0 Å². The quantitative estimate of drug-likeness (QED) is 0.526. The lowest BCUT2D eigenvalue weighted by molar-refractivity contribution is -0.144. The second-order valence-corrected chi connectivity index (χ2v) is 3.95. The number of rotatable bonds is 2. The molecule has 1 saturated heterocycles. The van der Waals surface area contributed by atoms with Gasteiger partial charge in [-0.1, -0.05) is 29.8 Å². The molecule has 1 heterocycles. The number of cyclic esters (lactones) is 1. The first-order chi connectivity index (χ1) is 5.15. The summed E-state index contributed by atoms with van der Waals surface area (Å²) in [6.45, 7) is 4.12. The van der Waals surface area contributed by atoms with Crippen molar-refractivity contribution in [3.05, 3.63) is 0 Å². The summed E-state index contributed by atoms with van der Waals surface area (Å²) in [6.07, 6.45) is 0.983. The Balaban J connectivity index is 2.52. The smallest absolute Gasteiger partial charge is 0.309 e. The molecule has 2 nitrogen and oxygen atoms in total. The first-order valence-corrected chi connectivity index (χ1v) is 5.03. The Morgan fingerprint density at radius 3 is 2.64 bits per heavy atom. The molecule has 0 aromatic heterocycles. The van der Waals surface area contributed by atoms with Gasteiger partial charge >= 0.3 is 5.97 Å². The van der Waals surface area contributed by atoms with Gasteiger partial charge in [-0.15, -0.1) is 0 Å². The molecule has 0 spiro atoms. The lowest BCUT2D eigenvalue weighted by atomic mass is 9.93. The fourth-order valence-electron chi connectivity index (χ4n) is 1.32. The molecule has 1 aliphatic heterocycles. The van der Waals surface area contributed by atoms with E-state index in [-0.39, 0.29) is 18.0 Å². The molecule has 1 fully saturated rings. The maximum absolute atomic E-state index is 11.1. The number of hydrogen-bond donors (Lipinski definition) is 0. The molecule has 0 aromatic carbocycles. The summed E-state index contributed by atoms with van der Waals surface area (Å²) in [4.78, 5) is 11.1. The molecular weight excluding hydrogens is 208 g/mol. The van der Waals surface area contributed by atoms with E-state index in [2.05, 4.69) is 29.8 Å². The molecule has 0 aromatic rings. The molecule has 1 aliphatic rings. The third-order valence-electron chi connectivity index (χ3n) is 2.08. The molecule has 2 unspecified atom stereocenters. The molecule has 0 radical (unpaired) electrons. The standard InChI is InChI=1S/C8H13BrO2/c1-5(2)7-3-6(4-9)11-8(7)10/h5-7H,3-4H2,1-2H3. The zero-order chi connectivity index (χ0) is 8.43. The summed E-state index contributed by atoms with van der Waals surface area (Å²) in [5.74, 6) is 0.508. The first-order valence-electron chi connectivity index (χ1n) is 3.91. The zero-order valence-electron chi connectivity index (χ0n) is 6.84. The number of carbonyl (C=O) groups is 1. The molecule has 11 heavy (non-hydrogen) atoms. The van der Waals surface area contributed by atoms with Crippen LogP contribution in [-0.2, 0) is 9.53 Å². The van der Waals surface area contributed by atoms with Crippen LogP contribution in [0, 0.1) is 11.8 Å². The highest BCUT2D eigenvalue weighted by Gasteiger charge is 2.35. The molecule has 0 N–H and O–H groups in total. The van der Waals surface area contributed by atoms with Crippen molar-refractivity contribution in [2.24, 2.45) is 11.8 Å². The van der Waals surface area contributed by atoms with E-state index in [1.807, 2.05) is 0 Å². The third kappa shape index (κ3) is 1.95. The van der Waals surface area contributed by atoms with E-state index >= 15 is 0 Å². The van der Waals surface area contributed by atoms with Gasteiger partial charge in [0.1, 0.15) is 6.10 Å². The van der Waals surface area contributed by atoms with E-state index in [0.29, 0.717) is 5.92 Å². The van der Waals surface area contributed by atoms with E-state index in [1.54, 1.807) is 0 Å². The summed E-state index contributed by atoms with van der Waals surface area (Å²) in [5.41, 5.74) is 0. The van der Waals surface area contributed by atoms with Gasteiger partial charge in [0.2, 0.25) is 0 Å². The Morgan fingerprint density at radius 2 is 2.36 bits per heavy atom. The number of alkyl halides is 1. The largest absolute Gasteiger partial charge is 0.461 e. The van der Waals surface area contributed by atoms with Crippen molar-refractivity contribution in [3.8, 4) is 0 Å². The van der Waals surface area contributed by atoms with Crippen LogP contribution in [0.5, 0.6) is 0 Å². The zero-order valence-corrected chi connectivity index (χ0v) is 8.43. The Bertz CT molecular complexity index is 156. The second-order valence-electron chi connectivity index (χ2n) is 3.30.